The Bertz CT molecular complexity index is 1290. The van der Waals surface area contributed by atoms with Gasteiger partial charge in [-0.05, 0) is 57.9 Å². The third-order valence-electron chi connectivity index (χ3n) is 6.22. The van der Waals surface area contributed by atoms with Gasteiger partial charge in [-0.2, -0.15) is 0 Å². The molecule has 0 aliphatic heterocycles. The minimum Gasteiger partial charge on any atom is -0.469 e. The molecule has 0 aromatic heterocycles. The van der Waals surface area contributed by atoms with E-state index >= 15 is 0 Å². The Kier molecular flexibility index (Phi) is 9.79. The van der Waals surface area contributed by atoms with Gasteiger partial charge in [-0.25, -0.2) is 0 Å². The first-order valence-corrected chi connectivity index (χ1v) is 14.1. The summed E-state index contributed by atoms with van der Waals surface area (Å²) in [6, 6.07) is 21.4. The van der Waals surface area contributed by atoms with Crippen LogP contribution in [0.1, 0.15) is 63.8 Å². The highest BCUT2D eigenvalue weighted by Crippen LogP contribution is 2.44. The maximum absolute atomic E-state index is 12.0. The molecule has 0 radical (unpaired) electrons. The molecule has 0 fully saturated rings. The Morgan fingerprint density at radius 2 is 1.31 bits per heavy atom. The lowest BCUT2D eigenvalue weighted by Gasteiger charge is -2.27. The van der Waals surface area contributed by atoms with E-state index in [9.17, 15) is 9.59 Å². The predicted molar refractivity (Wildman–Crippen MR) is 156 cm³/mol. The summed E-state index contributed by atoms with van der Waals surface area (Å²) in [4.78, 5) is 23.9. The number of methoxy groups -OCH3 is 2. The van der Waals surface area contributed by atoms with Gasteiger partial charge in [0, 0.05) is 5.56 Å². The molecule has 1 unspecified atom stereocenters. The Hall–Kier alpha value is -3.37. The maximum Gasteiger partial charge on any atom is 0.326 e. The minimum atomic E-state index is -1.56. The normalized spacial score (nSPS) is 12.4. The summed E-state index contributed by atoms with van der Waals surface area (Å²) < 4.78 is 23.0. The lowest BCUT2D eigenvalue weighted by Crippen LogP contribution is -2.18. The van der Waals surface area contributed by atoms with Gasteiger partial charge in [-0.15, -0.1) is 0 Å². The number of carbonyl (C=O) groups is 2. The summed E-state index contributed by atoms with van der Waals surface area (Å²) in [5.74, 6) is 0.783. The Balaban J connectivity index is 2.02. The van der Waals surface area contributed by atoms with E-state index in [1.807, 2.05) is 66.7 Å². The first-order chi connectivity index (χ1) is 18.3. The lowest BCUT2D eigenvalue weighted by molar-refractivity contribution is -0.140. The number of benzene rings is 3. The summed E-state index contributed by atoms with van der Waals surface area (Å²) in [6.45, 7) is 12.6. The zero-order valence-electron chi connectivity index (χ0n) is 24.2. The Morgan fingerprint density at radius 3 is 1.90 bits per heavy atom. The van der Waals surface area contributed by atoms with Gasteiger partial charge < -0.3 is 18.5 Å². The molecule has 0 heterocycles. The lowest BCUT2D eigenvalue weighted by atomic mass is 9.83. The average Bonchev–Trinajstić information content (AvgIpc) is 2.89. The largest absolute Gasteiger partial charge is 0.469 e. The van der Waals surface area contributed by atoms with Gasteiger partial charge in [-0.3, -0.25) is 9.59 Å². The fraction of sp³-hybridized carbons (Fsp3) is 0.375. The third kappa shape index (κ3) is 8.31. The molecule has 208 valence electrons. The van der Waals surface area contributed by atoms with Crippen molar-refractivity contribution in [1.29, 1.82) is 0 Å². The van der Waals surface area contributed by atoms with E-state index in [0.717, 1.165) is 27.6 Å². The fourth-order valence-electron chi connectivity index (χ4n) is 4.14. The van der Waals surface area contributed by atoms with Gasteiger partial charge in [0.1, 0.15) is 11.5 Å². The molecule has 1 atom stereocenters. The first-order valence-electron chi connectivity index (χ1n) is 12.9. The number of carbonyl (C=O) groups excluding carboxylic acids is 2. The van der Waals surface area contributed by atoms with E-state index < -0.39 is 8.38 Å². The molecule has 0 saturated heterocycles. The molecule has 0 aliphatic carbocycles. The molecular weight excluding hydrogens is 511 g/mol. The second-order valence-corrected chi connectivity index (χ2v) is 12.8. The highest BCUT2D eigenvalue weighted by atomic mass is 31.2. The van der Waals surface area contributed by atoms with Gasteiger partial charge in [0.2, 0.25) is 0 Å². The molecule has 39 heavy (non-hydrogen) atoms. The topological polar surface area (TPSA) is 71.1 Å². The quantitative estimate of drug-likeness (QED) is 0.215. The third-order valence-corrected chi connectivity index (χ3v) is 7.68. The van der Waals surface area contributed by atoms with Crippen molar-refractivity contribution in [2.45, 2.75) is 65.2 Å². The Morgan fingerprint density at radius 1 is 0.692 bits per heavy atom. The molecule has 0 amide bonds. The van der Waals surface area contributed by atoms with Gasteiger partial charge >= 0.3 is 20.3 Å². The summed E-state index contributed by atoms with van der Waals surface area (Å²) in [5.41, 5.74) is 3.29. The van der Waals surface area contributed by atoms with Crippen LogP contribution < -0.4 is 14.4 Å². The molecule has 0 saturated carbocycles. The van der Waals surface area contributed by atoms with Crippen LogP contribution in [-0.4, -0.2) is 26.2 Å². The summed E-state index contributed by atoms with van der Waals surface area (Å²) >= 11 is 0. The van der Waals surface area contributed by atoms with E-state index in [0.29, 0.717) is 11.5 Å². The van der Waals surface area contributed by atoms with Crippen LogP contribution in [0.25, 0.3) is 0 Å². The first kappa shape index (κ1) is 30.2. The molecule has 0 spiro atoms. The zero-order chi connectivity index (χ0) is 28.8. The number of ether oxygens (including phenoxy) is 2. The van der Waals surface area contributed by atoms with Gasteiger partial charge in [0.25, 0.3) is 0 Å². The van der Waals surface area contributed by atoms with Crippen molar-refractivity contribution in [2.75, 3.05) is 14.2 Å². The highest BCUT2D eigenvalue weighted by molar-refractivity contribution is 7.56. The summed E-state index contributed by atoms with van der Waals surface area (Å²) in [7, 11) is 1.23. The second kappa shape index (κ2) is 12.7. The molecule has 3 aromatic rings. The summed E-state index contributed by atoms with van der Waals surface area (Å²) in [6.07, 6.45) is 0.386. The predicted octanol–water partition coefficient (Wildman–Crippen LogP) is 6.81. The SMILES string of the molecule is COC(=O)Cc1ccc(OP(Oc2ccc(CC(=O)OC)c(C(C)(C)C)c2)c2ccccc2)c(C(C)(C)C)c1. The minimum absolute atomic E-state index is 0.192. The van der Waals surface area contributed by atoms with Crippen molar-refractivity contribution < 1.29 is 28.1 Å². The van der Waals surface area contributed by atoms with Crippen molar-refractivity contribution in [3.05, 3.63) is 89.0 Å². The van der Waals surface area contributed by atoms with Gasteiger partial charge in [-0.1, -0.05) is 77.9 Å². The van der Waals surface area contributed by atoms with Crippen LogP contribution in [0.15, 0.2) is 66.7 Å². The van der Waals surface area contributed by atoms with Crippen LogP contribution in [0.5, 0.6) is 11.5 Å². The van der Waals surface area contributed by atoms with Crippen LogP contribution in [0, 0.1) is 0 Å². The zero-order valence-corrected chi connectivity index (χ0v) is 25.1. The van der Waals surface area contributed by atoms with E-state index in [4.69, 9.17) is 18.5 Å². The molecular formula is C32H39O6P. The van der Waals surface area contributed by atoms with Crippen LogP contribution in [0.3, 0.4) is 0 Å². The second-order valence-electron chi connectivity index (χ2n) is 11.4. The molecule has 3 aromatic carbocycles. The van der Waals surface area contributed by atoms with E-state index in [1.54, 1.807) is 0 Å². The molecule has 0 N–H and O–H groups in total. The van der Waals surface area contributed by atoms with E-state index in [-0.39, 0.29) is 35.6 Å². The number of hydrogen-bond acceptors (Lipinski definition) is 6. The van der Waals surface area contributed by atoms with Crippen molar-refractivity contribution in [1.82, 2.24) is 0 Å². The molecule has 6 nitrogen and oxygen atoms in total. The molecule has 3 rings (SSSR count). The van der Waals surface area contributed by atoms with Gasteiger partial charge in [0.15, 0.2) is 0 Å². The smallest absolute Gasteiger partial charge is 0.326 e. The van der Waals surface area contributed by atoms with Gasteiger partial charge in [0.05, 0.1) is 32.4 Å². The van der Waals surface area contributed by atoms with Crippen molar-refractivity contribution in [3.63, 3.8) is 0 Å². The standard InChI is InChI=1S/C32H39O6P/c1-31(2,3)26-21-24(16-15-23(26)20-30(34)36-8)37-39(25-12-10-9-11-13-25)38-28-17-14-22(19-29(33)35-7)18-27(28)32(4,5)6/h9-18,21H,19-20H2,1-8H3. The van der Waals surface area contributed by atoms with E-state index in [1.165, 1.54) is 14.2 Å². The molecule has 7 heteroatoms. The van der Waals surface area contributed by atoms with E-state index in [2.05, 4.69) is 41.5 Å². The number of hydrogen-bond donors (Lipinski definition) is 0. The number of rotatable bonds is 9. The maximum atomic E-state index is 12.0. The highest BCUT2D eigenvalue weighted by Gasteiger charge is 2.26. The van der Waals surface area contributed by atoms with Crippen LogP contribution >= 0.6 is 8.38 Å². The van der Waals surface area contributed by atoms with Crippen molar-refractivity contribution in [2.24, 2.45) is 0 Å². The monoisotopic (exact) mass is 550 g/mol. The van der Waals surface area contributed by atoms with Crippen LogP contribution in [-0.2, 0) is 42.7 Å². The van der Waals surface area contributed by atoms with Crippen LogP contribution in [0.4, 0.5) is 0 Å². The summed E-state index contributed by atoms with van der Waals surface area (Å²) in [5, 5.41) is 0.918. The number of esters is 2. The molecule has 0 aliphatic rings. The molecule has 0 bridgehead atoms. The fourth-order valence-corrected chi connectivity index (χ4v) is 5.45. The average molecular weight is 551 g/mol. The van der Waals surface area contributed by atoms with Crippen molar-refractivity contribution in [3.8, 4) is 11.5 Å². The van der Waals surface area contributed by atoms with Crippen molar-refractivity contribution >= 4 is 25.6 Å². The Labute approximate surface area is 233 Å². The van der Waals surface area contributed by atoms with Crippen LogP contribution in [0.2, 0.25) is 0 Å².